The van der Waals surface area contributed by atoms with Gasteiger partial charge in [0.1, 0.15) is 0 Å². The van der Waals surface area contributed by atoms with E-state index in [4.69, 9.17) is 0 Å². The van der Waals surface area contributed by atoms with Crippen LogP contribution in [0.4, 0.5) is 0 Å². The molecule has 0 aromatic heterocycles. The van der Waals surface area contributed by atoms with E-state index in [1.165, 1.54) is 32.1 Å². The van der Waals surface area contributed by atoms with Gasteiger partial charge in [0.05, 0.1) is 0 Å². The lowest BCUT2D eigenvalue weighted by molar-refractivity contribution is 0.442. The molecule has 0 nitrogen and oxygen atoms in total. The topological polar surface area (TPSA) is 0 Å². The predicted octanol–water partition coefficient (Wildman–Crippen LogP) is 5.02. The van der Waals surface area contributed by atoms with E-state index in [9.17, 15) is 0 Å². The first-order valence-electron chi connectivity index (χ1n) is 7.45. The van der Waals surface area contributed by atoms with Gasteiger partial charge in [-0.1, -0.05) is 37.8 Å². The van der Waals surface area contributed by atoms with Gasteiger partial charge in [-0.2, -0.15) is 0 Å². The second-order valence-electron chi connectivity index (χ2n) is 7.58. The molecule has 0 saturated heterocycles. The highest BCUT2D eigenvalue weighted by Gasteiger charge is 2.38. The molecule has 2 saturated carbocycles. The van der Waals surface area contributed by atoms with Crippen LogP contribution in [-0.4, -0.2) is 8.07 Å². The smallest absolute Gasteiger partial charge is 0.0445 e. The zero-order valence-electron chi connectivity index (χ0n) is 11.6. The lowest BCUT2D eigenvalue weighted by atomic mass is 9.82. The number of rotatable bonds is 2. The Morgan fingerprint density at radius 1 is 1.06 bits per heavy atom. The van der Waals surface area contributed by atoms with Crippen LogP contribution in [0.15, 0.2) is 23.3 Å². The third kappa shape index (κ3) is 2.31. The van der Waals surface area contributed by atoms with E-state index in [0.717, 1.165) is 17.8 Å². The van der Waals surface area contributed by atoms with E-state index in [-0.39, 0.29) is 0 Å². The molecule has 3 unspecified atom stereocenters. The largest absolute Gasteiger partial charge is 0.0773 e. The summed E-state index contributed by atoms with van der Waals surface area (Å²) in [4.78, 5) is 0. The molecule has 0 spiro atoms. The van der Waals surface area contributed by atoms with Crippen LogP contribution in [-0.2, 0) is 0 Å². The summed E-state index contributed by atoms with van der Waals surface area (Å²) in [5.74, 6) is 2.84. The Morgan fingerprint density at radius 3 is 2.47 bits per heavy atom. The molecule has 3 aliphatic rings. The summed E-state index contributed by atoms with van der Waals surface area (Å²) < 4.78 is 0. The average molecular weight is 246 g/mol. The Balaban J connectivity index is 1.78. The van der Waals surface area contributed by atoms with Gasteiger partial charge in [0, 0.05) is 8.07 Å². The van der Waals surface area contributed by atoms with Gasteiger partial charge in [-0.25, -0.2) is 0 Å². The summed E-state index contributed by atoms with van der Waals surface area (Å²) in [6.07, 6.45) is 12.5. The van der Waals surface area contributed by atoms with Gasteiger partial charge < -0.3 is 0 Å². The average Bonchev–Trinajstić information content (AvgIpc) is 2.80. The maximum atomic E-state index is 2.70. The van der Waals surface area contributed by atoms with Crippen molar-refractivity contribution in [1.82, 2.24) is 0 Å². The first-order chi connectivity index (χ1) is 8.03. The summed E-state index contributed by atoms with van der Waals surface area (Å²) in [5.41, 5.74) is 3.45. The highest BCUT2D eigenvalue weighted by atomic mass is 28.3. The maximum Gasteiger partial charge on any atom is 0.0445 e. The maximum absolute atomic E-state index is 2.70. The lowest BCUT2D eigenvalue weighted by Gasteiger charge is -2.29. The fourth-order valence-corrected chi connectivity index (χ4v) is 6.33. The molecule has 2 fully saturated rings. The van der Waals surface area contributed by atoms with E-state index in [1.807, 2.05) is 0 Å². The van der Waals surface area contributed by atoms with Crippen molar-refractivity contribution in [2.45, 2.75) is 57.8 Å². The van der Waals surface area contributed by atoms with Crippen LogP contribution in [0, 0.1) is 17.8 Å². The fourth-order valence-electron chi connectivity index (χ4n) is 4.28. The molecule has 0 aromatic rings. The number of allylic oxidation sites excluding steroid dienone is 4. The quantitative estimate of drug-likeness (QED) is 0.600. The number of hydrogen-bond acceptors (Lipinski definition) is 0. The van der Waals surface area contributed by atoms with Crippen LogP contribution in [0.1, 0.15) is 32.1 Å². The minimum atomic E-state index is -0.882. The van der Waals surface area contributed by atoms with Crippen LogP contribution in [0.5, 0.6) is 0 Å². The predicted molar refractivity (Wildman–Crippen MR) is 77.9 cm³/mol. The zero-order chi connectivity index (χ0) is 12.0. The molecule has 0 N–H and O–H groups in total. The highest BCUT2D eigenvalue weighted by molar-refractivity contribution is 6.76. The Kier molecular flexibility index (Phi) is 2.85. The Labute approximate surface area is 107 Å². The van der Waals surface area contributed by atoms with Crippen molar-refractivity contribution in [3.8, 4) is 0 Å². The monoisotopic (exact) mass is 246 g/mol. The first kappa shape index (κ1) is 11.8. The summed E-state index contributed by atoms with van der Waals surface area (Å²) in [6, 6.07) is 1.54. The van der Waals surface area contributed by atoms with Crippen LogP contribution in [0.3, 0.4) is 0 Å². The highest BCUT2D eigenvalue weighted by Crippen LogP contribution is 2.49. The summed E-state index contributed by atoms with van der Waals surface area (Å²) in [6.45, 7) is 7.60. The first-order valence-corrected chi connectivity index (χ1v) is 11.2. The third-order valence-corrected chi connectivity index (χ3v) is 6.65. The van der Waals surface area contributed by atoms with Crippen LogP contribution < -0.4 is 0 Å². The van der Waals surface area contributed by atoms with Crippen molar-refractivity contribution >= 4 is 8.07 Å². The molecule has 3 aliphatic carbocycles. The van der Waals surface area contributed by atoms with Crippen LogP contribution in [0.25, 0.3) is 0 Å². The van der Waals surface area contributed by atoms with Gasteiger partial charge >= 0.3 is 0 Å². The molecule has 0 radical (unpaired) electrons. The fraction of sp³-hybridized carbons (Fsp3) is 0.750. The minimum absolute atomic E-state index is 0.882. The van der Waals surface area contributed by atoms with E-state index >= 15 is 0 Å². The third-order valence-electron chi connectivity index (χ3n) is 4.90. The van der Waals surface area contributed by atoms with Gasteiger partial charge in [-0.15, -0.1) is 0 Å². The standard InChI is InChI=1S/C16H26Si/c1-17(2,3)11-15-8-7-14-9-12-5-4-6-13(12)10-16(14)15/h9-10,14-16H,4-8,11H2,1-3H3. The SMILES string of the molecule is C[Si](C)(C)CC1CCC2C=C3CCCC3=CC21. The van der Waals surface area contributed by atoms with Crippen molar-refractivity contribution in [3.05, 3.63) is 23.3 Å². The van der Waals surface area contributed by atoms with Gasteiger partial charge in [0.25, 0.3) is 0 Å². The van der Waals surface area contributed by atoms with Crippen LogP contribution in [0.2, 0.25) is 25.7 Å². The summed E-state index contributed by atoms with van der Waals surface area (Å²) in [5, 5.41) is 0. The molecule has 0 heterocycles. The second-order valence-corrected chi connectivity index (χ2v) is 13.1. The Morgan fingerprint density at radius 2 is 1.76 bits per heavy atom. The van der Waals surface area contributed by atoms with Gasteiger partial charge in [0.2, 0.25) is 0 Å². The zero-order valence-corrected chi connectivity index (χ0v) is 12.6. The van der Waals surface area contributed by atoms with Crippen LogP contribution >= 0.6 is 0 Å². The van der Waals surface area contributed by atoms with Gasteiger partial charge in [0.15, 0.2) is 0 Å². The lowest BCUT2D eigenvalue weighted by Crippen LogP contribution is -2.26. The minimum Gasteiger partial charge on any atom is -0.0773 e. The van der Waals surface area contributed by atoms with E-state index in [1.54, 1.807) is 17.2 Å². The summed E-state index contributed by atoms with van der Waals surface area (Å²) in [7, 11) is -0.882. The number of hydrogen-bond donors (Lipinski definition) is 0. The molecule has 3 atom stereocenters. The molecule has 94 valence electrons. The van der Waals surface area contributed by atoms with Crippen molar-refractivity contribution in [3.63, 3.8) is 0 Å². The molecule has 0 amide bonds. The molecule has 3 rings (SSSR count). The molecular formula is C16H26Si. The van der Waals surface area contributed by atoms with Gasteiger partial charge in [-0.3, -0.25) is 0 Å². The van der Waals surface area contributed by atoms with Crippen molar-refractivity contribution in [1.29, 1.82) is 0 Å². The molecular weight excluding hydrogens is 220 g/mol. The van der Waals surface area contributed by atoms with E-state index in [0.29, 0.717) is 0 Å². The van der Waals surface area contributed by atoms with Crippen molar-refractivity contribution in [2.75, 3.05) is 0 Å². The number of fused-ring (bicyclic) bond motifs is 2. The molecule has 17 heavy (non-hydrogen) atoms. The van der Waals surface area contributed by atoms with E-state index in [2.05, 4.69) is 31.8 Å². The summed E-state index contributed by atoms with van der Waals surface area (Å²) >= 11 is 0. The van der Waals surface area contributed by atoms with Crippen molar-refractivity contribution < 1.29 is 0 Å². The van der Waals surface area contributed by atoms with E-state index < -0.39 is 8.07 Å². The normalized spacial score (nSPS) is 36.3. The Bertz CT molecular complexity index is 369. The van der Waals surface area contributed by atoms with Gasteiger partial charge in [-0.05, 0) is 61.0 Å². The molecule has 0 bridgehead atoms. The van der Waals surface area contributed by atoms with Crippen molar-refractivity contribution in [2.24, 2.45) is 17.8 Å². The second kappa shape index (κ2) is 4.12. The molecule has 1 heteroatoms. The molecule has 0 aliphatic heterocycles. The Hall–Kier alpha value is -0.303. The molecule has 0 aromatic carbocycles.